The van der Waals surface area contributed by atoms with Crippen LogP contribution in [-0.4, -0.2) is 25.3 Å². The van der Waals surface area contributed by atoms with E-state index in [1.54, 1.807) is 0 Å². The third-order valence-corrected chi connectivity index (χ3v) is 3.36. The molecule has 0 radical (unpaired) electrons. The summed E-state index contributed by atoms with van der Waals surface area (Å²) in [5.74, 6) is 0. The molecule has 1 fully saturated rings. The van der Waals surface area contributed by atoms with E-state index >= 15 is 0 Å². The number of likely N-dealkylation sites (N-methyl/N-ethyl adjacent to an activating group) is 1. The molecule has 0 aromatic carbocycles. The van der Waals surface area contributed by atoms with Gasteiger partial charge in [0.25, 0.3) is 0 Å². The SMILES string of the molecule is C/C=C1/C=C(C2(NC)CC2)C=CC1=NC. The fourth-order valence-corrected chi connectivity index (χ4v) is 2.10. The summed E-state index contributed by atoms with van der Waals surface area (Å²) >= 11 is 0. The Morgan fingerprint density at radius 1 is 1.40 bits per heavy atom. The normalized spacial score (nSPS) is 28.3. The van der Waals surface area contributed by atoms with Crippen LogP contribution in [0.25, 0.3) is 0 Å². The lowest BCUT2D eigenvalue weighted by Crippen LogP contribution is -2.29. The summed E-state index contributed by atoms with van der Waals surface area (Å²) in [6.45, 7) is 2.06. The van der Waals surface area contributed by atoms with Crippen molar-refractivity contribution in [1.82, 2.24) is 5.32 Å². The van der Waals surface area contributed by atoms with Gasteiger partial charge in [-0.05, 0) is 50.1 Å². The first kappa shape index (κ1) is 10.4. The zero-order valence-electron chi connectivity index (χ0n) is 9.67. The fraction of sp³-hybridized carbons (Fsp3) is 0.462. The van der Waals surface area contributed by atoms with Crippen molar-refractivity contribution in [3.63, 3.8) is 0 Å². The first-order chi connectivity index (χ1) is 7.25. The largest absolute Gasteiger partial charge is 0.310 e. The third-order valence-electron chi connectivity index (χ3n) is 3.36. The third kappa shape index (κ3) is 1.70. The molecule has 1 N–H and O–H groups in total. The molecule has 15 heavy (non-hydrogen) atoms. The highest BCUT2D eigenvalue weighted by molar-refractivity contribution is 6.11. The summed E-state index contributed by atoms with van der Waals surface area (Å²) in [7, 11) is 3.88. The molecule has 80 valence electrons. The van der Waals surface area contributed by atoms with Crippen molar-refractivity contribution in [2.45, 2.75) is 25.3 Å². The molecular weight excluding hydrogens is 184 g/mol. The average molecular weight is 202 g/mol. The first-order valence-electron chi connectivity index (χ1n) is 5.48. The molecule has 0 bridgehead atoms. The van der Waals surface area contributed by atoms with E-state index in [0.717, 1.165) is 5.71 Å². The Morgan fingerprint density at radius 2 is 2.13 bits per heavy atom. The molecule has 2 aliphatic carbocycles. The molecule has 2 rings (SSSR count). The highest BCUT2D eigenvalue weighted by Gasteiger charge is 2.44. The van der Waals surface area contributed by atoms with Gasteiger partial charge in [-0.15, -0.1) is 0 Å². The van der Waals surface area contributed by atoms with Crippen LogP contribution in [0.2, 0.25) is 0 Å². The van der Waals surface area contributed by atoms with E-state index in [1.807, 2.05) is 14.1 Å². The van der Waals surface area contributed by atoms with Crippen LogP contribution < -0.4 is 5.32 Å². The van der Waals surface area contributed by atoms with Crippen molar-refractivity contribution in [2.24, 2.45) is 4.99 Å². The van der Waals surface area contributed by atoms with Crippen LogP contribution in [0.15, 0.2) is 40.4 Å². The summed E-state index contributed by atoms with van der Waals surface area (Å²) in [6.07, 6.45) is 11.2. The van der Waals surface area contributed by atoms with Crippen molar-refractivity contribution < 1.29 is 0 Å². The second-order valence-corrected chi connectivity index (χ2v) is 4.12. The molecule has 0 atom stereocenters. The van der Waals surface area contributed by atoms with Crippen molar-refractivity contribution in [3.8, 4) is 0 Å². The van der Waals surface area contributed by atoms with Crippen LogP contribution in [0, 0.1) is 0 Å². The quantitative estimate of drug-likeness (QED) is 0.729. The Bertz CT molecular complexity index is 379. The van der Waals surface area contributed by atoms with Gasteiger partial charge in [-0.3, -0.25) is 4.99 Å². The lowest BCUT2D eigenvalue weighted by Gasteiger charge is -2.19. The number of nitrogens with zero attached hydrogens (tertiary/aromatic N) is 1. The second kappa shape index (κ2) is 3.78. The maximum absolute atomic E-state index is 4.26. The highest BCUT2D eigenvalue weighted by Crippen LogP contribution is 2.43. The predicted molar refractivity (Wildman–Crippen MR) is 65.4 cm³/mol. The minimum Gasteiger partial charge on any atom is -0.310 e. The average Bonchev–Trinajstić information content (AvgIpc) is 3.09. The second-order valence-electron chi connectivity index (χ2n) is 4.12. The van der Waals surface area contributed by atoms with E-state index < -0.39 is 0 Å². The van der Waals surface area contributed by atoms with Gasteiger partial charge in [0.15, 0.2) is 0 Å². The summed E-state index contributed by atoms with van der Waals surface area (Å²) in [5, 5.41) is 3.41. The Hall–Kier alpha value is -1.15. The molecule has 0 unspecified atom stereocenters. The molecule has 0 aromatic heterocycles. The van der Waals surface area contributed by atoms with E-state index in [1.165, 1.54) is 24.0 Å². The minimum atomic E-state index is 0.254. The number of allylic oxidation sites excluding steroid dienone is 4. The maximum Gasteiger partial charge on any atom is 0.0640 e. The van der Waals surface area contributed by atoms with Crippen LogP contribution in [-0.2, 0) is 0 Å². The Labute approximate surface area is 91.5 Å². The molecule has 2 nitrogen and oxygen atoms in total. The lowest BCUT2D eigenvalue weighted by atomic mass is 9.94. The predicted octanol–water partition coefficient (Wildman–Crippen LogP) is 2.25. The summed E-state index contributed by atoms with van der Waals surface area (Å²) in [5.41, 5.74) is 3.96. The van der Waals surface area contributed by atoms with Gasteiger partial charge in [-0.1, -0.05) is 12.2 Å². The molecule has 1 saturated carbocycles. The molecule has 0 heterocycles. The molecule has 0 aromatic rings. The number of nitrogens with one attached hydrogen (secondary N) is 1. The van der Waals surface area contributed by atoms with E-state index in [4.69, 9.17) is 0 Å². The van der Waals surface area contributed by atoms with Gasteiger partial charge in [-0.2, -0.15) is 0 Å². The fourth-order valence-electron chi connectivity index (χ4n) is 2.10. The smallest absolute Gasteiger partial charge is 0.0640 e. The van der Waals surface area contributed by atoms with Gasteiger partial charge in [0.1, 0.15) is 0 Å². The molecular formula is C13H18N2. The molecule has 2 heteroatoms. The standard InChI is InChI=1S/C13H18N2/c1-4-10-9-11(5-6-12(10)14-2)13(15-3)7-8-13/h4-6,9,15H,7-8H2,1-3H3/b10-4-,14-12?. The van der Waals surface area contributed by atoms with Gasteiger partial charge in [0.2, 0.25) is 0 Å². The van der Waals surface area contributed by atoms with Gasteiger partial charge in [0.05, 0.1) is 5.71 Å². The van der Waals surface area contributed by atoms with Gasteiger partial charge < -0.3 is 5.32 Å². The van der Waals surface area contributed by atoms with E-state index in [0.29, 0.717) is 0 Å². The van der Waals surface area contributed by atoms with E-state index in [2.05, 4.69) is 41.5 Å². The number of aliphatic imine (C=N–C) groups is 1. The van der Waals surface area contributed by atoms with Crippen LogP contribution in [0.4, 0.5) is 0 Å². The molecule has 0 aliphatic heterocycles. The number of hydrogen-bond acceptors (Lipinski definition) is 2. The summed E-state index contributed by atoms with van der Waals surface area (Å²) < 4.78 is 0. The van der Waals surface area contributed by atoms with Gasteiger partial charge >= 0.3 is 0 Å². The van der Waals surface area contributed by atoms with Crippen LogP contribution in [0.5, 0.6) is 0 Å². The zero-order valence-corrected chi connectivity index (χ0v) is 9.67. The van der Waals surface area contributed by atoms with Gasteiger partial charge in [0, 0.05) is 12.6 Å². The lowest BCUT2D eigenvalue weighted by molar-refractivity contribution is 0.646. The molecule has 0 saturated heterocycles. The van der Waals surface area contributed by atoms with Crippen LogP contribution in [0.1, 0.15) is 19.8 Å². The van der Waals surface area contributed by atoms with Crippen molar-refractivity contribution in [1.29, 1.82) is 0 Å². The molecule has 0 spiro atoms. The Balaban J connectivity index is 2.31. The highest BCUT2D eigenvalue weighted by atomic mass is 15.0. The summed E-state index contributed by atoms with van der Waals surface area (Å²) in [6, 6.07) is 0. The maximum atomic E-state index is 4.26. The van der Waals surface area contributed by atoms with Crippen molar-refractivity contribution in [2.75, 3.05) is 14.1 Å². The van der Waals surface area contributed by atoms with Crippen molar-refractivity contribution in [3.05, 3.63) is 35.5 Å². The van der Waals surface area contributed by atoms with Crippen molar-refractivity contribution >= 4 is 5.71 Å². The van der Waals surface area contributed by atoms with E-state index in [-0.39, 0.29) is 5.54 Å². The topological polar surface area (TPSA) is 24.4 Å². The van der Waals surface area contributed by atoms with Crippen LogP contribution >= 0.6 is 0 Å². The monoisotopic (exact) mass is 202 g/mol. The first-order valence-corrected chi connectivity index (χ1v) is 5.48. The van der Waals surface area contributed by atoms with Gasteiger partial charge in [-0.25, -0.2) is 0 Å². The minimum absolute atomic E-state index is 0.254. The zero-order chi connectivity index (χ0) is 10.9. The molecule has 0 amide bonds. The van der Waals surface area contributed by atoms with Crippen LogP contribution in [0.3, 0.4) is 0 Å². The Morgan fingerprint density at radius 3 is 2.60 bits per heavy atom. The Kier molecular flexibility index (Phi) is 2.61. The molecule has 2 aliphatic rings. The van der Waals surface area contributed by atoms with E-state index in [9.17, 15) is 0 Å². The number of hydrogen-bond donors (Lipinski definition) is 1. The summed E-state index contributed by atoms with van der Waals surface area (Å²) in [4.78, 5) is 4.26. The number of rotatable bonds is 2.